The third-order valence-electron chi connectivity index (χ3n) is 6.84. The molecule has 2 aliphatic heterocycles. The van der Waals surface area contributed by atoms with Crippen molar-refractivity contribution in [1.29, 1.82) is 0 Å². The molecule has 1 saturated carbocycles. The number of anilines is 1. The molecule has 0 bridgehead atoms. The van der Waals surface area contributed by atoms with Crippen molar-refractivity contribution >= 4 is 29.3 Å². The zero-order valence-electron chi connectivity index (χ0n) is 19.1. The number of carbonyl (C=O) groups excluding carboxylic acids is 2. The van der Waals surface area contributed by atoms with E-state index in [9.17, 15) is 9.59 Å². The van der Waals surface area contributed by atoms with E-state index in [0.29, 0.717) is 31.2 Å². The molecule has 2 heterocycles. The van der Waals surface area contributed by atoms with Crippen LogP contribution in [0.25, 0.3) is 0 Å². The van der Waals surface area contributed by atoms with Crippen molar-refractivity contribution in [2.75, 3.05) is 37.6 Å². The topological polar surface area (TPSA) is 53.1 Å². The van der Waals surface area contributed by atoms with E-state index in [0.717, 1.165) is 25.1 Å². The Balaban J connectivity index is 1.42. The van der Waals surface area contributed by atoms with E-state index in [1.54, 1.807) is 4.90 Å². The molecule has 1 saturated heterocycles. The highest BCUT2D eigenvalue weighted by atomic mass is 35.5. The minimum Gasteiger partial charge on any atom is -0.444 e. The van der Waals surface area contributed by atoms with Crippen LogP contribution in [0, 0.1) is 0 Å². The highest BCUT2D eigenvalue weighted by Crippen LogP contribution is 2.51. The Morgan fingerprint density at radius 2 is 1.90 bits per heavy atom. The summed E-state index contributed by atoms with van der Waals surface area (Å²) in [5, 5.41) is 0.672. The second-order valence-electron chi connectivity index (χ2n) is 10.4. The highest BCUT2D eigenvalue weighted by Gasteiger charge is 2.46. The van der Waals surface area contributed by atoms with Gasteiger partial charge in [0.15, 0.2) is 0 Å². The summed E-state index contributed by atoms with van der Waals surface area (Å²) >= 11 is 6.29. The Kier molecular flexibility index (Phi) is 5.99. The lowest BCUT2D eigenvalue weighted by Gasteiger charge is -2.40. The fourth-order valence-electron chi connectivity index (χ4n) is 5.40. The van der Waals surface area contributed by atoms with Gasteiger partial charge in [-0.2, -0.15) is 0 Å². The van der Waals surface area contributed by atoms with Gasteiger partial charge in [0.05, 0.1) is 6.54 Å². The van der Waals surface area contributed by atoms with Crippen LogP contribution in [0.2, 0.25) is 5.02 Å². The number of benzene rings is 1. The van der Waals surface area contributed by atoms with Crippen molar-refractivity contribution in [3.8, 4) is 0 Å². The van der Waals surface area contributed by atoms with Gasteiger partial charge in [0.25, 0.3) is 0 Å². The number of piperazine rings is 1. The number of halogens is 1. The van der Waals surface area contributed by atoms with Gasteiger partial charge in [-0.3, -0.25) is 9.69 Å². The molecule has 170 valence electrons. The number of ether oxygens (including phenoxy) is 1. The summed E-state index contributed by atoms with van der Waals surface area (Å²) in [6.07, 6.45) is 4.42. The summed E-state index contributed by atoms with van der Waals surface area (Å²) in [6.45, 7) is 10.6. The van der Waals surface area contributed by atoms with E-state index < -0.39 is 5.60 Å². The molecule has 0 radical (unpaired) electrons. The smallest absolute Gasteiger partial charge is 0.410 e. The van der Waals surface area contributed by atoms with Crippen molar-refractivity contribution < 1.29 is 14.3 Å². The normalized spacial score (nSPS) is 23.3. The predicted molar refractivity (Wildman–Crippen MR) is 123 cm³/mol. The lowest BCUT2D eigenvalue weighted by atomic mass is 9.81. The molecular formula is C24H34ClN3O3. The largest absolute Gasteiger partial charge is 0.444 e. The molecule has 1 aliphatic carbocycles. The van der Waals surface area contributed by atoms with E-state index in [1.807, 2.05) is 44.7 Å². The van der Waals surface area contributed by atoms with Gasteiger partial charge in [0, 0.05) is 48.3 Å². The van der Waals surface area contributed by atoms with E-state index in [2.05, 4.69) is 11.0 Å². The van der Waals surface area contributed by atoms with Gasteiger partial charge in [-0.1, -0.05) is 30.5 Å². The molecule has 2 fully saturated rings. The summed E-state index contributed by atoms with van der Waals surface area (Å²) in [7, 11) is 0. The van der Waals surface area contributed by atoms with Gasteiger partial charge in [-0.25, -0.2) is 4.79 Å². The predicted octanol–water partition coefficient (Wildman–Crippen LogP) is 4.44. The number of hydrogen-bond donors (Lipinski definition) is 0. The second-order valence-corrected chi connectivity index (χ2v) is 10.8. The maximum Gasteiger partial charge on any atom is 0.410 e. The number of hydrogen-bond acceptors (Lipinski definition) is 4. The van der Waals surface area contributed by atoms with E-state index in [4.69, 9.17) is 16.3 Å². The first-order chi connectivity index (χ1) is 14.6. The van der Waals surface area contributed by atoms with Crippen LogP contribution in [0.4, 0.5) is 10.5 Å². The van der Waals surface area contributed by atoms with Crippen LogP contribution in [0.3, 0.4) is 0 Å². The van der Waals surface area contributed by atoms with Crippen molar-refractivity contribution in [3.05, 3.63) is 28.8 Å². The number of rotatable bonds is 2. The molecule has 7 heteroatoms. The highest BCUT2D eigenvalue weighted by molar-refractivity contribution is 6.31. The lowest BCUT2D eigenvalue weighted by molar-refractivity contribution is -0.120. The van der Waals surface area contributed by atoms with Crippen LogP contribution >= 0.6 is 11.6 Å². The molecule has 0 N–H and O–H groups in total. The molecule has 1 spiro atoms. The molecular weight excluding hydrogens is 414 g/mol. The van der Waals surface area contributed by atoms with Crippen LogP contribution in [-0.4, -0.2) is 66.2 Å². The molecule has 4 rings (SSSR count). The number of fused-ring (bicyclic) bond motifs is 2. The van der Waals surface area contributed by atoms with Crippen molar-refractivity contribution in [2.24, 2.45) is 0 Å². The summed E-state index contributed by atoms with van der Waals surface area (Å²) < 4.78 is 5.53. The second kappa shape index (κ2) is 8.28. The van der Waals surface area contributed by atoms with Crippen molar-refractivity contribution in [2.45, 2.75) is 70.4 Å². The average molecular weight is 448 g/mol. The first-order valence-electron chi connectivity index (χ1n) is 11.4. The fraction of sp³-hybridized carbons (Fsp3) is 0.667. The summed E-state index contributed by atoms with van der Waals surface area (Å²) in [6, 6.07) is 6.02. The molecule has 1 atom stereocenters. The van der Waals surface area contributed by atoms with E-state index in [-0.39, 0.29) is 23.5 Å². The van der Waals surface area contributed by atoms with Gasteiger partial charge >= 0.3 is 6.09 Å². The van der Waals surface area contributed by atoms with Gasteiger partial charge in [-0.15, -0.1) is 0 Å². The summed E-state index contributed by atoms with van der Waals surface area (Å²) in [5.74, 6) is 0.116. The minimum absolute atomic E-state index is 0.00196. The lowest BCUT2D eigenvalue weighted by Crippen LogP contribution is -2.56. The summed E-state index contributed by atoms with van der Waals surface area (Å²) in [4.78, 5) is 31.7. The first-order valence-corrected chi connectivity index (χ1v) is 11.8. The Labute approximate surface area is 190 Å². The molecule has 31 heavy (non-hydrogen) atoms. The van der Waals surface area contributed by atoms with Gasteiger partial charge < -0.3 is 14.5 Å². The fourth-order valence-corrected chi connectivity index (χ4v) is 5.56. The number of carbonyl (C=O) groups is 2. The summed E-state index contributed by atoms with van der Waals surface area (Å²) in [5.41, 5.74) is 1.86. The molecule has 0 unspecified atom stereocenters. The van der Waals surface area contributed by atoms with Crippen LogP contribution in [-0.2, 0) is 14.9 Å². The van der Waals surface area contributed by atoms with Gasteiger partial charge in [0.2, 0.25) is 5.91 Å². The monoisotopic (exact) mass is 447 g/mol. The molecule has 0 aromatic heterocycles. The molecule has 3 aliphatic rings. The average Bonchev–Trinajstić information content (AvgIpc) is 3.26. The zero-order chi connectivity index (χ0) is 22.4. The Morgan fingerprint density at radius 1 is 1.19 bits per heavy atom. The number of amides is 2. The molecule has 1 aromatic carbocycles. The third-order valence-corrected chi connectivity index (χ3v) is 7.08. The number of nitrogens with zero attached hydrogens (tertiary/aromatic N) is 3. The van der Waals surface area contributed by atoms with E-state index >= 15 is 0 Å². The first kappa shape index (κ1) is 22.4. The Bertz CT molecular complexity index is 860. The van der Waals surface area contributed by atoms with Crippen LogP contribution in [0.15, 0.2) is 18.2 Å². The van der Waals surface area contributed by atoms with Gasteiger partial charge in [0.1, 0.15) is 5.60 Å². The minimum atomic E-state index is -0.509. The van der Waals surface area contributed by atoms with Crippen molar-refractivity contribution in [3.63, 3.8) is 0 Å². The Hall–Kier alpha value is -1.79. The standard InChI is InChI=1S/C24H34ClN3O3/c1-17-14-26(11-12-27(17)22(30)31-23(2,3)4)15-21(29)28-16-24(9-5-6-10-24)19-8-7-18(25)13-20(19)28/h7-8,13,17H,5-6,9-12,14-16H2,1-4H3/t17-/m1/s1. The van der Waals surface area contributed by atoms with Crippen LogP contribution < -0.4 is 4.90 Å². The van der Waals surface area contributed by atoms with Crippen LogP contribution in [0.5, 0.6) is 0 Å². The molecule has 6 nitrogen and oxygen atoms in total. The maximum absolute atomic E-state index is 13.4. The van der Waals surface area contributed by atoms with Crippen molar-refractivity contribution in [1.82, 2.24) is 9.80 Å². The third kappa shape index (κ3) is 4.56. The van der Waals surface area contributed by atoms with Gasteiger partial charge in [-0.05, 0) is 58.2 Å². The SMILES string of the molecule is C[C@@H]1CN(CC(=O)N2CC3(CCCC3)c3ccc(Cl)cc32)CCN1C(=O)OC(C)(C)C. The maximum atomic E-state index is 13.4. The van der Waals surface area contributed by atoms with E-state index in [1.165, 1.54) is 18.4 Å². The zero-order valence-corrected chi connectivity index (χ0v) is 19.9. The van der Waals surface area contributed by atoms with Crippen LogP contribution in [0.1, 0.15) is 58.9 Å². The Morgan fingerprint density at radius 3 is 2.55 bits per heavy atom. The molecule has 2 amide bonds. The molecule has 1 aromatic rings. The quantitative estimate of drug-likeness (QED) is 0.672.